The summed E-state index contributed by atoms with van der Waals surface area (Å²) in [6, 6.07) is 8.69. The van der Waals surface area contributed by atoms with Gasteiger partial charge in [0.1, 0.15) is 16.3 Å². The predicted octanol–water partition coefficient (Wildman–Crippen LogP) is 2.52. The Labute approximate surface area is 159 Å². The molecule has 1 amide bonds. The smallest absolute Gasteiger partial charge is 0.270 e. The number of aromatic amines is 1. The molecule has 0 spiro atoms. The van der Waals surface area contributed by atoms with E-state index >= 15 is 0 Å². The molecule has 1 fully saturated rings. The third-order valence-corrected chi connectivity index (χ3v) is 5.83. The quantitative estimate of drug-likeness (QED) is 0.723. The summed E-state index contributed by atoms with van der Waals surface area (Å²) < 4.78 is 33.1. The van der Waals surface area contributed by atoms with Crippen molar-refractivity contribution >= 4 is 15.9 Å². The lowest BCUT2D eigenvalue weighted by Gasteiger charge is -2.13. The van der Waals surface area contributed by atoms with Crippen LogP contribution in [0.2, 0.25) is 0 Å². The summed E-state index contributed by atoms with van der Waals surface area (Å²) in [5.74, 6) is 0.607. The van der Waals surface area contributed by atoms with Crippen LogP contribution < -0.4 is 9.46 Å². The number of aromatic nitrogens is 1. The molecule has 27 heavy (non-hydrogen) atoms. The summed E-state index contributed by atoms with van der Waals surface area (Å²) in [4.78, 5) is 16.9. The minimum absolute atomic E-state index is 0.0629. The second-order valence-corrected chi connectivity index (χ2v) is 8.33. The van der Waals surface area contributed by atoms with Crippen LogP contribution in [0.4, 0.5) is 0 Å². The molecular weight excluding hydrogens is 366 g/mol. The van der Waals surface area contributed by atoms with Gasteiger partial charge in [0.25, 0.3) is 5.91 Å². The van der Waals surface area contributed by atoms with E-state index in [0.29, 0.717) is 12.3 Å². The maximum Gasteiger partial charge on any atom is 0.270 e. The summed E-state index contributed by atoms with van der Waals surface area (Å²) in [5, 5.41) is 0. The molecule has 2 N–H and O–H groups in total. The van der Waals surface area contributed by atoms with Crippen molar-refractivity contribution in [2.75, 3.05) is 19.7 Å². The molecule has 0 unspecified atom stereocenters. The van der Waals surface area contributed by atoms with E-state index in [0.717, 1.165) is 43.7 Å². The van der Waals surface area contributed by atoms with Crippen molar-refractivity contribution in [3.63, 3.8) is 0 Å². The summed E-state index contributed by atoms with van der Waals surface area (Å²) in [6.45, 7) is 4.29. The van der Waals surface area contributed by atoms with Gasteiger partial charge < -0.3 is 14.6 Å². The molecule has 0 radical (unpaired) electrons. The molecule has 1 saturated heterocycles. The van der Waals surface area contributed by atoms with Gasteiger partial charge in [-0.25, -0.2) is 13.1 Å². The molecule has 2 heterocycles. The minimum atomic E-state index is -3.70. The van der Waals surface area contributed by atoms with Gasteiger partial charge in [0.2, 0.25) is 10.0 Å². The topological polar surface area (TPSA) is 91.5 Å². The molecule has 2 aromatic rings. The van der Waals surface area contributed by atoms with Crippen molar-refractivity contribution in [1.29, 1.82) is 0 Å². The zero-order valence-electron chi connectivity index (χ0n) is 15.4. The van der Waals surface area contributed by atoms with E-state index in [4.69, 9.17) is 4.74 Å². The first-order chi connectivity index (χ1) is 13.0. The van der Waals surface area contributed by atoms with Gasteiger partial charge in [-0.05, 0) is 43.0 Å². The number of amides is 1. The van der Waals surface area contributed by atoms with Gasteiger partial charge >= 0.3 is 0 Å². The van der Waals surface area contributed by atoms with E-state index in [9.17, 15) is 13.2 Å². The average molecular weight is 391 g/mol. The average Bonchev–Trinajstić information content (AvgIpc) is 3.37. The number of nitrogens with one attached hydrogen (secondary N) is 2. The molecule has 0 atom stereocenters. The van der Waals surface area contributed by atoms with Gasteiger partial charge in [0.05, 0.1) is 6.61 Å². The molecule has 0 aliphatic carbocycles. The highest BCUT2D eigenvalue weighted by Crippen LogP contribution is 2.17. The van der Waals surface area contributed by atoms with Gasteiger partial charge in [-0.15, -0.1) is 0 Å². The molecule has 0 saturated carbocycles. The predicted molar refractivity (Wildman–Crippen MR) is 102 cm³/mol. The molecule has 8 heteroatoms. The third kappa shape index (κ3) is 4.90. The number of hydrogen-bond acceptors (Lipinski definition) is 4. The van der Waals surface area contributed by atoms with E-state index in [1.165, 1.54) is 12.3 Å². The van der Waals surface area contributed by atoms with Gasteiger partial charge in [0.15, 0.2) is 0 Å². The Morgan fingerprint density at radius 3 is 2.59 bits per heavy atom. The van der Waals surface area contributed by atoms with E-state index in [1.807, 2.05) is 31.2 Å². The number of nitrogens with zero attached hydrogens (tertiary/aromatic N) is 1. The molecule has 1 aliphatic heterocycles. The summed E-state index contributed by atoms with van der Waals surface area (Å²) in [7, 11) is -3.70. The number of carbonyl (C=O) groups excluding carboxylic acids is 1. The Balaban J connectivity index is 1.60. The van der Waals surface area contributed by atoms with Crippen molar-refractivity contribution in [3.8, 4) is 5.75 Å². The highest BCUT2D eigenvalue weighted by atomic mass is 32.2. The van der Waals surface area contributed by atoms with Crippen molar-refractivity contribution < 1.29 is 17.9 Å². The van der Waals surface area contributed by atoms with Crippen LogP contribution in [0.15, 0.2) is 41.4 Å². The number of H-pyrrole nitrogens is 1. The number of likely N-dealkylation sites (tertiary alicyclic amines) is 1. The van der Waals surface area contributed by atoms with E-state index in [2.05, 4.69) is 9.71 Å². The van der Waals surface area contributed by atoms with Crippen molar-refractivity contribution in [2.24, 2.45) is 0 Å². The van der Waals surface area contributed by atoms with Gasteiger partial charge in [-0.1, -0.05) is 19.1 Å². The Morgan fingerprint density at radius 2 is 1.93 bits per heavy atom. The molecule has 7 nitrogen and oxygen atoms in total. The number of ether oxygens (including phenoxy) is 1. The van der Waals surface area contributed by atoms with E-state index in [-0.39, 0.29) is 17.3 Å². The SMILES string of the molecule is CCCOc1ccc(CNS(=O)(=O)c2c[nH]c(C(=O)N3CCCC3)c2)cc1. The van der Waals surface area contributed by atoms with Crippen LogP contribution in [-0.2, 0) is 16.6 Å². The molecule has 0 bridgehead atoms. The number of carbonyl (C=O) groups is 1. The van der Waals surface area contributed by atoms with Gasteiger partial charge in [-0.3, -0.25) is 4.79 Å². The zero-order valence-corrected chi connectivity index (χ0v) is 16.2. The highest BCUT2D eigenvalue weighted by Gasteiger charge is 2.23. The van der Waals surface area contributed by atoms with Gasteiger partial charge in [-0.2, -0.15) is 0 Å². The van der Waals surface area contributed by atoms with Crippen LogP contribution in [0.5, 0.6) is 5.75 Å². The van der Waals surface area contributed by atoms with Crippen LogP contribution in [0.3, 0.4) is 0 Å². The summed E-state index contributed by atoms with van der Waals surface area (Å²) >= 11 is 0. The number of sulfonamides is 1. The fourth-order valence-electron chi connectivity index (χ4n) is 2.93. The lowest BCUT2D eigenvalue weighted by Crippen LogP contribution is -2.27. The van der Waals surface area contributed by atoms with Crippen molar-refractivity contribution in [1.82, 2.24) is 14.6 Å². The first-order valence-electron chi connectivity index (χ1n) is 9.18. The van der Waals surface area contributed by atoms with Crippen LogP contribution in [-0.4, -0.2) is 43.9 Å². The Bertz CT molecular complexity index is 869. The molecular formula is C19H25N3O4S. The maximum atomic E-state index is 12.5. The van der Waals surface area contributed by atoms with Crippen molar-refractivity contribution in [3.05, 3.63) is 47.8 Å². The van der Waals surface area contributed by atoms with E-state index in [1.54, 1.807) is 4.90 Å². The first kappa shape index (κ1) is 19.4. The Hall–Kier alpha value is -2.32. The standard InChI is InChI=1S/C19H25N3O4S/c1-2-11-26-16-7-5-15(6-8-16)13-21-27(24,25)17-12-18(20-14-17)19(23)22-9-3-4-10-22/h5-8,12,14,20-21H,2-4,9-11,13H2,1H3. The van der Waals surface area contributed by atoms with E-state index < -0.39 is 10.0 Å². The maximum absolute atomic E-state index is 12.5. The number of hydrogen-bond donors (Lipinski definition) is 2. The van der Waals surface area contributed by atoms with Gasteiger partial charge in [0, 0.05) is 25.8 Å². The molecule has 146 valence electrons. The summed E-state index contributed by atoms with van der Waals surface area (Å²) in [5.41, 5.74) is 1.13. The Morgan fingerprint density at radius 1 is 1.22 bits per heavy atom. The van der Waals surface area contributed by atoms with Crippen LogP contribution >= 0.6 is 0 Å². The van der Waals surface area contributed by atoms with Crippen LogP contribution in [0.1, 0.15) is 42.2 Å². The number of rotatable bonds is 8. The lowest BCUT2D eigenvalue weighted by atomic mass is 10.2. The molecule has 1 aromatic heterocycles. The van der Waals surface area contributed by atoms with Crippen molar-refractivity contribution in [2.45, 2.75) is 37.6 Å². The molecule has 1 aliphatic rings. The second kappa shape index (κ2) is 8.58. The summed E-state index contributed by atoms with van der Waals surface area (Å²) in [6.07, 6.45) is 4.26. The fraction of sp³-hybridized carbons (Fsp3) is 0.421. The second-order valence-electron chi connectivity index (χ2n) is 6.57. The monoisotopic (exact) mass is 391 g/mol. The zero-order chi connectivity index (χ0) is 19.3. The minimum Gasteiger partial charge on any atom is -0.494 e. The fourth-order valence-corrected chi connectivity index (χ4v) is 3.94. The third-order valence-electron chi connectivity index (χ3n) is 4.45. The van der Waals surface area contributed by atoms with Crippen LogP contribution in [0.25, 0.3) is 0 Å². The molecule has 1 aromatic carbocycles. The molecule has 3 rings (SSSR count). The highest BCUT2D eigenvalue weighted by molar-refractivity contribution is 7.89. The normalized spacial score (nSPS) is 14.5. The largest absolute Gasteiger partial charge is 0.494 e. The Kier molecular flexibility index (Phi) is 6.18. The number of benzene rings is 1. The first-order valence-corrected chi connectivity index (χ1v) is 10.7. The van der Waals surface area contributed by atoms with Crippen LogP contribution in [0, 0.1) is 0 Å². The lowest BCUT2D eigenvalue weighted by molar-refractivity contribution is 0.0787.